The molecule has 1 saturated heterocycles. The summed E-state index contributed by atoms with van der Waals surface area (Å²) in [6, 6.07) is 6.33. The molecule has 7 nitrogen and oxygen atoms in total. The third kappa shape index (κ3) is 2.60. The number of anilines is 1. The number of hydroxylamine groups is 2. The topological polar surface area (TPSA) is 79.3 Å². The summed E-state index contributed by atoms with van der Waals surface area (Å²) in [6.07, 6.45) is -1.13. The summed E-state index contributed by atoms with van der Waals surface area (Å²) >= 11 is 0. The second kappa shape index (κ2) is 5.15. The zero-order valence-corrected chi connectivity index (χ0v) is 10.6. The van der Waals surface area contributed by atoms with E-state index in [9.17, 15) is 9.59 Å². The first-order valence-electron chi connectivity index (χ1n) is 5.62. The molecule has 19 heavy (non-hydrogen) atoms. The molecule has 1 aliphatic rings. The van der Waals surface area contributed by atoms with E-state index in [2.05, 4.69) is 0 Å². The van der Waals surface area contributed by atoms with Gasteiger partial charge in [-0.05, 0) is 24.3 Å². The van der Waals surface area contributed by atoms with Crippen LogP contribution in [0.2, 0.25) is 0 Å². The van der Waals surface area contributed by atoms with Crippen LogP contribution in [0.1, 0.15) is 6.42 Å². The fraction of sp³-hybridized carbons (Fsp3) is 0.333. The quantitative estimate of drug-likeness (QED) is 0.888. The number of amides is 2. The number of urea groups is 1. The lowest BCUT2D eigenvalue weighted by molar-refractivity contribution is -0.147. The van der Waals surface area contributed by atoms with E-state index >= 15 is 0 Å². The number of ether oxygens (including phenoxy) is 1. The molecule has 2 amide bonds. The van der Waals surface area contributed by atoms with Gasteiger partial charge < -0.3 is 9.84 Å². The molecule has 0 spiro atoms. The Labute approximate surface area is 109 Å². The van der Waals surface area contributed by atoms with Crippen LogP contribution in [0.5, 0.6) is 5.75 Å². The first-order valence-corrected chi connectivity index (χ1v) is 5.62. The number of aliphatic carboxylic acids is 1. The standard InChI is InChI=1S/C12H14N2O5/c1-13-12(17)14(10(19-13)7-11(15)16)8-3-5-9(18-2)6-4-8/h3-6,10H,7H2,1-2H3,(H,15,16)/t10-/m0/s1. The average molecular weight is 266 g/mol. The number of benzene rings is 1. The Bertz CT molecular complexity index is 487. The van der Waals surface area contributed by atoms with Gasteiger partial charge in [-0.1, -0.05) is 0 Å². The highest BCUT2D eigenvalue weighted by molar-refractivity contribution is 5.93. The fourth-order valence-corrected chi connectivity index (χ4v) is 1.85. The molecule has 0 aromatic heterocycles. The lowest BCUT2D eigenvalue weighted by atomic mass is 10.2. The number of carboxylic acids is 1. The average Bonchev–Trinajstić information content (AvgIpc) is 2.64. The van der Waals surface area contributed by atoms with Crippen molar-refractivity contribution in [3.8, 4) is 5.75 Å². The Hall–Kier alpha value is -2.28. The third-order valence-electron chi connectivity index (χ3n) is 2.74. The first-order chi connectivity index (χ1) is 9.02. The molecular formula is C12H14N2O5. The van der Waals surface area contributed by atoms with E-state index in [-0.39, 0.29) is 6.42 Å². The predicted octanol–water partition coefficient (Wildman–Crippen LogP) is 1.30. The van der Waals surface area contributed by atoms with Crippen molar-refractivity contribution in [2.24, 2.45) is 0 Å². The normalized spacial score (nSPS) is 18.8. The number of hydrogen-bond donors (Lipinski definition) is 1. The maximum Gasteiger partial charge on any atom is 0.350 e. The van der Waals surface area contributed by atoms with E-state index in [4.69, 9.17) is 14.7 Å². The smallest absolute Gasteiger partial charge is 0.350 e. The molecule has 1 aliphatic heterocycles. The van der Waals surface area contributed by atoms with Crippen molar-refractivity contribution >= 4 is 17.7 Å². The van der Waals surface area contributed by atoms with Crippen LogP contribution in [-0.4, -0.2) is 42.6 Å². The second-order valence-electron chi connectivity index (χ2n) is 4.01. The van der Waals surface area contributed by atoms with Gasteiger partial charge in [-0.2, -0.15) is 0 Å². The number of nitrogens with zero attached hydrogens (tertiary/aromatic N) is 2. The first kappa shape index (κ1) is 13.2. The van der Waals surface area contributed by atoms with Gasteiger partial charge in [0.2, 0.25) is 0 Å². The van der Waals surface area contributed by atoms with Gasteiger partial charge in [0.1, 0.15) is 5.75 Å². The molecule has 7 heteroatoms. The summed E-state index contributed by atoms with van der Waals surface area (Å²) in [5, 5.41) is 9.86. The van der Waals surface area contributed by atoms with Gasteiger partial charge in [0, 0.05) is 12.7 Å². The van der Waals surface area contributed by atoms with Gasteiger partial charge in [0.05, 0.1) is 13.5 Å². The zero-order valence-electron chi connectivity index (χ0n) is 10.6. The van der Waals surface area contributed by atoms with Crippen molar-refractivity contribution in [3.63, 3.8) is 0 Å². The maximum absolute atomic E-state index is 12.0. The fourth-order valence-electron chi connectivity index (χ4n) is 1.85. The predicted molar refractivity (Wildman–Crippen MR) is 65.8 cm³/mol. The molecule has 1 aromatic carbocycles. The number of methoxy groups -OCH3 is 1. The molecule has 0 radical (unpaired) electrons. The van der Waals surface area contributed by atoms with E-state index in [1.165, 1.54) is 11.9 Å². The number of carbonyl (C=O) groups excluding carboxylic acids is 1. The van der Waals surface area contributed by atoms with Crippen LogP contribution in [0.4, 0.5) is 10.5 Å². The van der Waals surface area contributed by atoms with Crippen molar-refractivity contribution in [1.29, 1.82) is 0 Å². The molecule has 0 aliphatic carbocycles. The Morgan fingerprint density at radius 2 is 2.05 bits per heavy atom. The van der Waals surface area contributed by atoms with Crippen molar-refractivity contribution in [1.82, 2.24) is 5.06 Å². The molecule has 1 fully saturated rings. The summed E-state index contributed by atoms with van der Waals surface area (Å²) < 4.78 is 5.03. The molecule has 2 rings (SSSR count). The molecule has 1 heterocycles. The van der Waals surface area contributed by atoms with Gasteiger partial charge in [0.25, 0.3) is 0 Å². The molecule has 0 bridgehead atoms. The lowest BCUT2D eigenvalue weighted by Gasteiger charge is -2.19. The van der Waals surface area contributed by atoms with Gasteiger partial charge in [-0.25, -0.2) is 14.7 Å². The van der Waals surface area contributed by atoms with Gasteiger partial charge >= 0.3 is 12.0 Å². The second-order valence-corrected chi connectivity index (χ2v) is 4.01. The van der Waals surface area contributed by atoms with Crippen LogP contribution in [0.15, 0.2) is 24.3 Å². The van der Waals surface area contributed by atoms with Crippen molar-refractivity contribution in [3.05, 3.63) is 24.3 Å². The Morgan fingerprint density at radius 3 is 2.58 bits per heavy atom. The minimum absolute atomic E-state index is 0.290. The number of rotatable bonds is 4. The van der Waals surface area contributed by atoms with E-state index in [1.54, 1.807) is 31.4 Å². The zero-order chi connectivity index (χ0) is 14.0. The molecule has 1 N–H and O–H groups in total. The van der Waals surface area contributed by atoms with Crippen LogP contribution < -0.4 is 9.64 Å². The molecule has 0 unspecified atom stereocenters. The van der Waals surface area contributed by atoms with Crippen LogP contribution in [0.25, 0.3) is 0 Å². The summed E-state index contributed by atoms with van der Waals surface area (Å²) in [5.74, 6) is -0.383. The highest BCUT2D eigenvalue weighted by atomic mass is 16.7. The summed E-state index contributed by atoms with van der Waals surface area (Å²) in [4.78, 5) is 29.2. The molecule has 102 valence electrons. The van der Waals surface area contributed by atoms with Gasteiger partial charge in [-0.3, -0.25) is 9.69 Å². The third-order valence-corrected chi connectivity index (χ3v) is 2.74. The van der Waals surface area contributed by atoms with Gasteiger partial charge in [0.15, 0.2) is 6.23 Å². The van der Waals surface area contributed by atoms with E-state index in [0.717, 1.165) is 5.06 Å². The van der Waals surface area contributed by atoms with E-state index < -0.39 is 18.2 Å². The minimum Gasteiger partial charge on any atom is -0.497 e. The van der Waals surface area contributed by atoms with Crippen molar-refractivity contribution < 1.29 is 24.3 Å². The highest BCUT2D eigenvalue weighted by Crippen LogP contribution is 2.28. The van der Waals surface area contributed by atoms with Crippen LogP contribution in [0.3, 0.4) is 0 Å². The SMILES string of the molecule is COc1ccc(N2C(=O)N(C)O[C@H]2CC(=O)O)cc1. The Kier molecular flexibility index (Phi) is 3.57. The molecule has 1 atom stereocenters. The largest absolute Gasteiger partial charge is 0.497 e. The number of carbonyl (C=O) groups is 2. The van der Waals surface area contributed by atoms with Crippen LogP contribution in [-0.2, 0) is 9.63 Å². The van der Waals surface area contributed by atoms with Crippen molar-refractivity contribution in [2.45, 2.75) is 12.6 Å². The van der Waals surface area contributed by atoms with Gasteiger partial charge in [-0.15, -0.1) is 0 Å². The van der Waals surface area contributed by atoms with Crippen LogP contribution >= 0.6 is 0 Å². The van der Waals surface area contributed by atoms with E-state index in [1.807, 2.05) is 0 Å². The highest BCUT2D eigenvalue weighted by Gasteiger charge is 2.39. The Balaban J connectivity index is 2.27. The Morgan fingerprint density at radius 1 is 1.42 bits per heavy atom. The van der Waals surface area contributed by atoms with Crippen LogP contribution in [0, 0.1) is 0 Å². The molecular weight excluding hydrogens is 252 g/mol. The number of carboxylic acid groups (broad SMARTS) is 1. The number of hydrogen-bond acceptors (Lipinski definition) is 4. The summed E-state index contributed by atoms with van der Waals surface area (Å²) in [5.41, 5.74) is 0.557. The maximum atomic E-state index is 12.0. The monoisotopic (exact) mass is 266 g/mol. The molecule has 1 aromatic rings. The summed E-state index contributed by atoms with van der Waals surface area (Å²) in [6.45, 7) is 0. The summed E-state index contributed by atoms with van der Waals surface area (Å²) in [7, 11) is 2.99. The minimum atomic E-state index is -1.04. The van der Waals surface area contributed by atoms with Crippen molar-refractivity contribution in [2.75, 3.05) is 19.1 Å². The molecule has 0 saturated carbocycles. The lowest BCUT2D eigenvalue weighted by Crippen LogP contribution is -2.35. The van der Waals surface area contributed by atoms with E-state index in [0.29, 0.717) is 11.4 Å².